The van der Waals surface area contributed by atoms with E-state index in [0.29, 0.717) is 13.2 Å². The molecule has 0 saturated carbocycles. The number of carbonyl (C=O) groups excluding carboxylic acids is 1. The number of hydrogen-bond acceptors (Lipinski definition) is 4. The van der Waals surface area contributed by atoms with E-state index in [1.54, 1.807) is 6.08 Å². The minimum absolute atomic E-state index is 0.00726. The van der Waals surface area contributed by atoms with E-state index in [1.807, 2.05) is 56.6 Å². The van der Waals surface area contributed by atoms with Crippen LogP contribution < -0.4 is 4.74 Å². The van der Waals surface area contributed by atoms with Crippen molar-refractivity contribution in [1.82, 2.24) is 9.80 Å². The minimum Gasteiger partial charge on any atom is -0.492 e. The minimum atomic E-state index is -0.00726. The monoisotopic (exact) mass is 484 g/mol. The molecule has 0 aliphatic heterocycles. The van der Waals surface area contributed by atoms with Crippen LogP contribution >= 0.6 is 0 Å². The van der Waals surface area contributed by atoms with E-state index in [4.69, 9.17) is 4.74 Å². The fourth-order valence-corrected chi connectivity index (χ4v) is 4.00. The highest BCUT2D eigenvalue weighted by molar-refractivity contribution is 6.08. The highest BCUT2D eigenvalue weighted by Crippen LogP contribution is 2.30. The van der Waals surface area contributed by atoms with Crippen molar-refractivity contribution in [2.24, 2.45) is 0 Å². The summed E-state index contributed by atoms with van der Waals surface area (Å²) in [6, 6.07) is 22.4. The lowest BCUT2D eigenvalue weighted by Gasteiger charge is -2.31. The van der Waals surface area contributed by atoms with Crippen molar-refractivity contribution in [2.45, 2.75) is 39.8 Å². The number of aryl methyl sites for hydroxylation is 1. The Bertz CT molecular complexity index is 1200. The maximum absolute atomic E-state index is 13.2. The van der Waals surface area contributed by atoms with Gasteiger partial charge in [0.15, 0.2) is 5.78 Å². The molecule has 0 aliphatic carbocycles. The van der Waals surface area contributed by atoms with Crippen LogP contribution in [0.5, 0.6) is 5.75 Å². The van der Waals surface area contributed by atoms with E-state index in [0.717, 1.165) is 34.5 Å². The average molecular weight is 485 g/mol. The van der Waals surface area contributed by atoms with Crippen LogP contribution in [0.2, 0.25) is 0 Å². The van der Waals surface area contributed by atoms with Gasteiger partial charge in [0.1, 0.15) is 12.4 Å². The predicted molar refractivity (Wildman–Crippen MR) is 152 cm³/mol. The quantitative estimate of drug-likeness (QED) is 0.236. The number of benzene rings is 3. The van der Waals surface area contributed by atoms with Crippen LogP contribution in [0.25, 0.3) is 17.2 Å². The Labute approximate surface area is 217 Å². The van der Waals surface area contributed by atoms with E-state index in [-0.39, 0.29) is 11.3 Å². The fraction of sp³-hybridized carbons (Fsp3) is 0.344. The maximum atomic E-state index is 13.2. The molecule has 0 saturated heterocycles. The van der Waals surface area contributed by atoms with Gasteiger partial charge < -0.3 is 9.64 Å². The first-order valence-corrected chi connectivity index (χ1v) is 12.6. The molecule has 0 aromatic heterocycles. The Hall–Kier alpha value is -3.21. The molecule has 36 heavy (non-hydrogen) atoms. The summed E-state index contributed by atoms with van der Waals surface area (Å²) in [5.74, 6) is 0.771. The summed E-state index contributed by atoms with van der Waals surface area (Å²) in [6.45, 7) is 10.8. The molecule has 190 valence electrons. The third-order valence-electron chi connectivity index (χ3n) is 6.48. The van der Waals surface area contributed by atoms with E-state index in [1.165, 1.54) is 11.1 Å². The van der Waals surface area contributed by atoms with E-state index in [9.17, 15) is 4.79 Å². The lowest BCUT2D eigenvalue weighted by molar-refractivity contribution is 0.104. The van der Waals surface area contributed by atoms with Crippen LogP contribution in [0.3, 0.4) is 0 Å². The summed E-state index contributed by atoms with van der Waals surface area (Å²) in [4.78, 5) is 17.5. The standard InChI is InChI=1S/C32H40N2O2/c1-24-12-8-10-14-28(24)25-17-19-31(36-21-20-34(7)32(2,3)4)26(22-25)16-18-30(35)29-15-11-9-13-27(29)23-33(5)6/h8-19,22H,20-21,23H2,1-7H3. The Morgan fingerprint density at radius 1 is 0.944 bits per heavy atom. The second-order valence-corrected chi connectivity index (χ2v) is 10.6. The van der Waals surface area contributed by atoms with Gasteiger partial charge in [-0.3, -0.25) is 9.69 Å². The third-order valence-corrected chi connectivity index (χ3v) is 6.48. The summed E-state index contributed by atoms with van der Waals surface area (Å²) in [5, 5.41) is 0. The van der Waals surface area contributed by atoms with Crippen molar-refractivity contribution < 1.29 is 9.53 Å². The first-order valence-electron chi connectivity index (χ1n) is 12.6. The summed E-state index contributed by atoms with van der Waals surface area (Å²) in [5.41, 5.74) is 6.21. The van der Waals surface area contributed by atoms with E-state index in [2.05, 4.69) is 74.9 Å². The lowest BCUT2D eigenvalue weighted by Crippen LogP contribution is -2.40. The molecule has 0 bridgehead atoms. The summed E-state index contributed by atoms with van der Waals surface area (Å²) in [7, 11) is 6.12. The van der Waals surface area contributed by atoms with Gasteiger partial charge in [-0.05, 0) is 95.4 Å². The molecular weight excluding hydrogens is 444 g/mol. The van der Waals surface area contributed by atoms with Gasteiger partial charge in [-0.25, -0.2) is 0 Å². The molecule has 0 spiro atoms. The topological polar surface area (TPSA) is 32.8 Å². The number of carbonyl (C=O) groups is 1. The van der Waals surface area contributed by atoms with Gasteiger partial charge in [0.25, 0.3) is 0 Å². The largest absolute Gasteiger partial charge is 0.492 e. The van der Waals surface area contributed by atoms with Crippen molar-refractivity contribution in [1.29, 1.82) is 0 Å². The molecule has 0 amide bonds. The lowest BCUT2D eigenvalue weighted by atomic mass is 9.97. The van der Waals surface area contributed by atoms with Crippen LogP contribution in [-0.2, 0) is 6.54 Å². The first kappa shape index (κ1) is 27.4. The number of likely N-dealkylation sites (N-methyl/N-ethyl adjacent to an activating group) is 1. The Morgan fingerprint density at radius 2 is 1.64 bits per heavy atom. The van der Waals surface area contributed by atoms with Crippen molar-refractivity contribution in [3.63, 3.8) is 0 Å². The molecule has 0 unspecified atom stereocenters. The highest BCUT2D eigenvalue weighted by Gasteiger charge is 2.17. The highest BCUT2D eigenvalue weighted by atomic mass is 16.5. The van der Waals surface area contributed by atoms with Gasteiger partial charge >= 0.3 is 0 Å². The zero-order chi connectivity index (χ0) is 26.3. The van der Waals surface area contributed by atoms with Crippen molar-refractivity contribution in [3.05, 3.63) is 95.1 Å². The average Bonchev–Trinajstić information content (AvgIpc) is 2.82. The van der Waals surface area contributed by atoms with Crippen LogP contribution in [0.15, 0.2) is 72.8 Å². The molecule has 0 N–H and O–H groups in total. The molecule has 0 fully saturated rings. The zero-order valence-electron chi connectivity index (χ0n) is 22.8. The number of allylic oxidation sites excluding steroid dienone is 1. The zero-order valence-corrected chi connectivity index (χ0v) is 22.8. The molecule has 4 nitrogen and oxygen atoms in total. The predicted octanol–water partition coefficient (Wildman–Crippen LogP) is 6.73. The van der Waals surface area contributed by atoms with Gasteiger partial charge in [0.05, 0.1) is 0 Å². The van der Waals surface area contributed by atoms with Crippen molar-refractivity contribution in [3.8, 4) is 16.9 Å². The van der Waals surface area contributed by atoms with Gasteiger partial charge in [0.2, 0.25) is 0 Å². The van der Waals surface area contributed by atoms with E-state index < -0.39 is 0 Å². The number of ether oxygens (including phenoxy) is 1. The Kier molecular flexibility index (Phi) is 9.25. The van der Waals surface area contributed by atoms with Gasteiger partial charge in [-0.15, -0.1) is 0 Å². The molecule has 0 aliphatic rings. The second kappa shape index (κ2) is 12.2. The summed E-state index contributed by atoms with van der Waals surface area (Å²) >= 11 is 0. The second-order valence-electron chi connectivity index (χ2n) is 10.6. The first-order chi connectivity index (χ1) is 17.1. The Balaban J connectivity index is 1.91. The summed E-state index contributed by atoms with van der Waals surface area (Å²) in [6.07, 6.45) is 3.55. The number of rotatable bonds is 10. The Morgan fingerprint density at radius 3 is 2.33 bits per heavy atom. The normalized spacial score (nSPS) is 12.0. The molecule has 0 radical (unpaired) electrons. The molecular formula is C32H40N2O2. The number of nitrogens with zero attached hydrogens (tertiary/aromatic N) is 2. The van der Waals surface area contributed by atoms with Gasteiger partial charge in [0, 0.05) is 29.8 Å². The van der Waals surface area contributed by atoms with Crippen LogP contribution in [0.1, 0.15) is 47.8 Å². The summed E-state index contributed by atoms with van der Waals surface area (Å²) < 4.78 is 6.23. The molecule has 3 rings (SSSR count). The smallest absolute Gasteiger partial charge is 0.186 e. The van der Waals surface area contributed by atoms with E-state index >= 15 is 0 Å². The fourth-order valence-electron chi connectivity index (χ4n) is 4.00. The molecule has 4 heteroatoms. The van der Waals surface area contributed by atoms with Crippen molar-refractivity contribution >= 4 is 11.9 Å². The van der Waals surface area contributed by atoms with Crippen molar-refractivity contribution in [2.75, 3.05) is 34.3 Å². The number of hydrogen-bond donors (Lipinski definition) is 0. The van der Waals surface area contributed by atoms with Gasteiger partial charge in [-0.1, -0.05) is 54.6 Å². The van der Waals surface area contributed by atoms with Crippen LogP contribution in [0, 0.1) is 6.92 Å². The van der Waals surface area contributed by atoms with Gasteiger partial charge in [-0.2, -0.15) is 0 Å². The maximum Gasteiger partial charge on any atom is 0.186 e. The molecule has 0 heterocycles. The molecule has 3 aromatic rings. The SMILES string of the molecule is Cc1ccccc1-c1ccc(OCCN(C)C(C)(C)C)c(C=CC(=O)c2ccccc2CN(C)C)c1. The third kappa shape index (κ3) is 7.39. The molecule has 0 atom stereocenters. The van der Waals surface area contributed by atoms with Crippen LogP contribution in [0.4, 0.5) is 0 Å². The number of ketones is 1. The molecule has 3 aromatic carbocycles. The van der Waals surface area contributed by atoms with Crippen LogP contribution in [-0.4, -0.2) is 55.4 Å².